The van der Waals surface area contributed by atoms with Crippen molar-refractivity contribution >= 4 is 50.7 Å². The molecule has 1 heterocycles. The number of carbonyl (C=O) groups excluding carboxylic acids is 1. The number of aromatic nitrogens is 3. The van der Waals surface area contributed by atoms with E-state index in [-0.39, 0.29) is 5.82 Å². The summed E-state index contributed by atoms with van der Waals surface area (Å²) in [5, 5.41) is 8.45. The molecule has 4 aromatic rings. The fourth-order valence-electron chi connectivity index (χ4n) is 2.81. The Morgan fingerprint density at radius 3 is 2.37 bits per heavy atom. The second kappa shape index (κ2) is 8.60. The molecule has 0 aliphatic heterocycles. The number of anilines is 1. The van der Waals surface area contributed by atoms with Gasteiger partial charge in [-0.1, -0.05) is 57.3 Å². The number of carbonyl (C=O) groups is 1. The molecular weight excluding hydrogens is 487 g/mol. The van der Waals surface area contributed by atoms with E-state index in [1.807, 2.05) is 43.3 Å². The van der Waals surface area contributed by atoms with Crippen LogP contribution in [-0.4, -0.2) is 20.7 Å². The lowest BCUT2D eigenvalue weighted by atomic mass is 10.2. The van der Waals surface area contributed by atoms with Gasteiger partial charge in [-0.25, -0.2) is 9.67 Å². The van der Waals surface area contributed by atoms with Gasteiger partial charge in [0.05, 0.1) is 5.69 Å². The molecule has 8 heteroatoms. The summed E-state index contributed by atoms with van der Waals surface area (Å²) in [6, 6.07) is 20.0. The minimum Gasteiger partial charge on any atom is -0.319 e. The number of aryl methyl sites for hydroxylation is 1. The molecule has 4 rings (SSSR count). The molecular formula is C22H15BrCl2N4O. The highest BCUT2D eigenvalue weighted by atomic mass is 79.9. The lowest BCUT2D eigenvalue weighted by Crippen LogP contribution is -2.14. The van der Waals surface area contributed by atoms with Crippen molar-refractivity contribution in [3.05, 3.63) is 92.6 Å². The van der Waals surface area contributed by atoms with Crippen molar-refractivity contribution in [3.8, 4) is 17.1 Å². The molecule has 0 aliphatic carbocycles. The Labute approximate surface area is 191 Å². The first-order valence-corrected chi connectivity index (χ1v) is 10.5. The molecule has 150 valence electrons. The molecule has 0 unspecified atom stereocenters. The van der Waals surface area contributed by atoms with E-state index in [0.29, 0.717) is 27.2 Å². The lowest BCUT2D eigenvalue weighted by molar-refractivity contribution is 0.101. The van der Waals surface area contributed by atoms with Gasteiger partial charge in [-0.3, -0.25) is 4.79 Å². The normalized spacial score (nSPS) is 10.8. The highest BCUT2D eigenvalue weighted by Crippen LogP contribution is 2.26. The zero-order valence-electron chi connectivity index (χ0n) is 15.7. The number of nitrogens with one attached hydrogen (secondary N) is 1. The molecule has 0 radical (unpaired) electrons. The Kier molecular flexibility index (Phi) is 5.90. The minimum atomic E-state index is -0.423. The molecule has 0 spiro atoms. The molecule has 1 N–H and O–H groups in total. The van der Waals surface area contributed by atoms with Crippen LogP contribution in [0.2, 0.25) is 10.0 Å². The van der Waals surface area contributed by atoms with Crippen LogP contribution in [0.1, 0.15) is 16.2 Å². The first kappa shape index (κ1) is 20.6. The maximum absolute atomic E-state index is 12.8. The summed E-state index contributed by atoms with van der Waals surface area (Å²) < 4.78 is 2.56. The number of hydrogen-bond acceptors (Lipinski definition) is 3. The van der Waals surface area contributed by atoms with Gasteiger partial charge in [0.1, 0.15) is 0 Å². The van der Waals surface area contributed by atoms with Crippen LogP contribution < -0.4 is 5.32 Å². The van der Waals surface area contributed by atoms with E-state index in [1.165, 1.54) is 0 Å². The smallest absolute Gasteiger partial charge is 0.295 e. The zero-order valence-corrected chi connectivity index (χ0v) is 18.8. The van der Waals surface area contributed by atoms with E-state index in [2.05, 4.69) is 31.3 Å². The van der Waals surface area contributed by atoms with Crippen LogP contribution in [0.4, 0.5) is 5.69 Å². The first-order chi connectivity index (χ1) is 14.4. The SMILES string of the molecule is Cc1ccc(-n2nc(C(=O)Nc3ccc(Cl)cc3)nc2-c2ccc(Br)cc2)cc1Cl. The van der Waals surface area contributed by atoms with Crippen molar-refractivity contribution in [2.75, 3.05) is 5.32 Å². The molecule has 5 nitrogen and oxygen atoms in total. The van der Waals surface area contributed by atoms with Crippen molar-refractivity contribution in [1.82, 2.24) is 14.8 Å². The van der Waals surface area contributed by atoms with Crippen LogP contribution >= 0.6 is 39.1 Å². The standard InChI is InChI=1S/C22H15BrCl2N4O/c1-13-2-11-18(12-19(13)25)29-21(14-3-5-15(23)6-4-14)27-20(28-29)22(30)26-17-9-7-16(24)8-10-17/h2-12H,1H3,(H,26,30). The fourth-order valence-corrected chi connectivity index (χ4v) is 3.37. The second-order valence-corrected chi connectivity index (χ2v) is 8.33. The molecule has 1 amide bonds. The molecule has 1 aromatic heterocycles. The predicted octanol–water partition coefficient (Wildman–Crippen LogP) is 6.56. The lowest BCUT2D eigenvalue weighted by Gasteiger charge is -2.07. The zero-order chi connectivity index (χ0) is 21.3. The van der Waals surface area contributed by atoms with Gasteiger partial charge in [0, 0.05) is 25.8 Å². The van der Waals surface area contributed by atoms with Crippen molar-refractivity contribution in [3.63, 3.8) is 0 Å². The summed E-state index contributed by atoms with van der Waals surface area (Å²) in [6.07, 6.45) is 0. The summed E-state index contributed by atoms with van der Waals surface area (Å²) in [7, 11) is 0. The fraction of sp³-hybridized carbons (Fsp3) is 0.0455. The van der Waals surface area contributed by atoms with Crippen molar-refractivity contribution in [2.45, 2.75) is 6.92 Å². The van der Waals surface area contributed by atoms with E-state index >= 15 is 0 Å². The van der Waals surface area contributed by atoms with Crippen LogP contribution in [0.15, 0.2) is 71.2 Å². The van der Waals surface area contributed by atoms with Crippen LogP contribution in [0.3, 0.4) is 0 Å². The second-order valence-electron chi connectivity index (χ2n) is 6.57. The van der Waals surface area contributed by atoms with Gasteiger partial charge in [0.15, 0.2) is 5.82 Å². The molecule has 0 aliphatic rings. The van der Waals surface area contributed by atoms with E-state index in [0.717, 1.165) is 15.6 Å². The van der Waals surface area contributed by atoms with Crippen molar-refractivity contribution < 1.29 is 4.79 Å². The maximum Gasteiger partial charge on any atom is 0.295 e. The van der Waals surface area contributed by atoms with Gasteiger partial charge < -0.3 is 5.32 Å². The third-order valence-corrected chi connectivity index (χ3v) is 5.60. The molecule has 0 fully saturated rings. The van der Waals surface area contributed by atoms with E-state index in [1.54, 1.807) is 35.0 Å². The van der Waals surface area contributed by atoms with Crippen molar-refractivity contribution in [2.24, 2.45) is 0 Å². The summed E-state index contributed by atoms with van der Waals surface area (Å²) in [4.78, 5) is 17.3. The van der Waals surface area contributed by atoms with Gasteiger partial charge >= 0.3 is 0 Å². The summed E-state index contributed by atoms with van der Waals surface area (Å²) in [6.45, 7) is 1.92. The van der Waals surface area contributed by atoms with Crippen molar-refractivity contribution in [1.29, 1.82) is 0 Å². The molecule has 3 aromatic carbocycles. The van der Waals surface area contributed by atoms with Crippen LogP contribution in [0, 0.1) is 6.92 Å². The monoisotopic (exact) mass is 500 g/mol. The van der Waals surface area contributed by atoms with Gasteiger partial charge in [-0.15, -0.1) is 5.10 Å². The molecule has 0 saturated carbocycles. The average Bonchev–Trinajstić information content (AvgIpc) is 3.18. The van der Waals surface area contributed by atoms with Crippen LogP contribution in [0.5, 0.6) is 0 Å². The highest BCUT2D eigenvalue weighted by molar-refractivity contribution is 9.10. The Morgan fingerprint density at radius 1 is 1.00 bits per heavy atom. The van der Waals surface area contributed by atoms with Gasteiger partial charge in [0.2, 0.25) is 5.82 Å². The number of halogens is 3. The highest BCUT2D eigenvalue weighted by Gasteiger charge is 2.19. The number of amides is 1. The quantitative estimate of drug-likeness (QED) is 0.344. The van der Waals surface area contributed by atoms with Gasteiger partial charge in [0.25, 0.3) is 5.91 Å². The molecule has 0 atom stereocenters. The number of nitrogens with zero attached hydrogens (tertiary/aromatic N) is 3. The Balaban J connectivity index is 1.76. The first-order valence-electron chi connectivity index (χ1n) is 8.97. The van der Waals surface area contributed by atoms with Crippen LogP contribution in [-0.2, 0) is 0 Å². The summed E-state index contributed by atoms with van der Waals surface area (Å²) >= 11 is 15.7. The molecule has 0 bridgehead atoms. The molecule has 0 saturated heterocycles. The third kappa shape index (κ3) is 4.41. The molecule has 30 heavy (non-hydrogen) atoms. The largest absolute Gasteiger partial charge is 0.319 e. The average molecular weight is 502 g/mol. The minimum absolute atomic E-state index is 0.0413. The van der Waals surface area contributed by atoms with Gasteiger partial charge in [-0.2, -0.15) is 0 Å². The topological polar surface area (TPSA) is 59.8 Å². The van der Waals surface area contributed by atoms with Gasteiger partial charge in [-0.05, 0) is 61.0 Å². The summed E-state index contributed by atoms with van der Waals surface area (Å²) in [5.74, 6) is 0.149. The van der Waals surface area contributed by atoms with Crippen LogP contribution in [0.25, 0.3) is 17.1 Å². The Hall–Kier alpha value is -2.67. The maximum atomic E-state index is 12.8. The Morgan fingerprint density at radius 2 is 1.70 bits per heavy atom. The predicted molar refractivity (Wildman–Crippen MR) is 124 cm³/mol. The van der Waals surface area contributed by atoms with E-state index in [4.69, 9.17) is 23.2 Å². The number of benzene rings is 3. The Bertz CT molecular complexity index is 1220. The number of hydrogen-bond donors (Lipinski definition) is 1. The van der Waals surface area contributed by atoms with E-state index in [9.17, 15) is 4.79 Å². The number of rotatable bonds is 4. The third-order valence-electron chi connectivity index (χ3n) is 4.41. The summed E-state index contributed by atoms with van der Waals surface area (Å²) in [5.41, 5.74) is 3.07. The van der Waals surface area contributed by atoms with E-state index < -0.39 is 5.91 Å².